The van der Waals surface area contributed by atoms with Crippen molar-refractivity contribution in [2.45, 2.75) is 317 Å². The summed E-state index contributed by atoms with van der Waals surface area (Å²) in [5.41, 5.74) is 0. The summed E-state index contributed by atoms with van der Waals surface area (Å²) in [5, 5.41) is 10.5. The van der Waals surface area contributed by atoms with Crippen LogP contribution in [0, 0.1) is 17.8 Å². The molecule has 0 bridgehead atoms. The third-order valence-corrected chi connectivity index (χ3v) is 16.4. The van der Waals surface area contributed by atoms with Crippen molar-refractivity contribution in [2.75, 3.05) is 39.6 Å². The third kappa shape index (κ3) is 55.7. The second-order valence-corrected chi connectivity index (χ2v) is 26.5. The van der Waals surface area contributed by atoms with Crippen LogP contribution in [0.15, 0.2) is 0 Å². The fourth-order valence-corrected chi connectivity index (χ4v) is 10.7. The highest BCUT2D eigenvalue weighted by atomic mass is 31.2. The van der Waals surface area contributed by atoms with E-state index in [2.05, 4.69) is 48.5 Å². The Balaban J connectivity index is 5.20. The molecule has 17 nitrogen and oxygen atoms in total. The van der Waals surface area contributed by atoms with Gasteiger partial charge in [0.2, 0.25) is 0 Å². The molecule has 0 heterocycles. The van der Waals surface area contributed by atoms with E-state index < -0.39 is 97.5 Å². The van der Waals surface area contributed by atoms with Crippen LogP contribution in [-0.2, 0) is 65.4 Å². The molecule has 0 fully saturated rings. The predicted octanol–water partition coefficient (Wildman–Crippen LogP) is 16.7. The van der Waals surface area contributed by atoms with Gasteiger partial charge in [0.25, 0.3) is 0 Å². The number of phosphoric acid groups is 2. The van der Waals surface area contributed by atoms with Crippen LogP contribution in [0.3, 0.4) is 0 Å². The van der Waals surface area contributed by atoms with Crippen LogP contribution in [0.25, 0.3) is 0 Å². The van der Waals surface area contributed by atoms with E-state index in [1.807, 2.05) is 0 Å². The summed E-state index contributed by atoms with van der Waals surface area (Å²) in [5.74, 6) is 0.0800. The zero-order valence-corrected chi connectivity index (χ0v) is 54.0. The Kier molecular flexibility index (Phi) is 52.2. The number of esters is 4. The van der Waals surface area contributed by atoms with Crippen LogP contribution < -0.4 is 0 Å². The fraction of sp³-hybridized carbons (Fsp3) is 0.935. The number of rotatable bonds is 60. The summed E-state index contributed by atoms with van der Waals surface area (Å²) in [4.78, 5) is 71.9. The largest absolute Gasteiger partial charge is 0.472 e. The minimum absolute atomic E-state index is 0.102. The molecule has 0 amide bonds. The Morgan fingerprint density at radius 3 is 0.938 bits per heavy atom. The van der Waals surface area contributed by atoms with Gasteiger partial charge in [0.05, 0.1) is 26.4 Å². The molecule has 0 radical (unpaired) electrons. The van der Waals surface area contributed by atoms with E-state index in [1.54, 1.807) is 0 Å². The number of aliphatic hydroxyl groups is 1. The Morgan fingerprint density at radius 1 is 0.358 bits per heavy atom. The van der Waals surface area contributed by atoms with Gasteiger partial charge in [-0.25, -0.2) is 9.13 Å². The molecule has 0 aromatic rings. The van der Waals surface area contributed by atoms with E-state index in [9.17, 15) is 43.2 Å². The minimum atomic E-state index is -4.94. The van der Waals surface area contributed by atoms with Gasteiger partial charge in [-0.2, -0.15) is 0 Å². The molecule has 0 aliphatic carbocycles. The molecule has 0 saturated carbocycles. The second-order valence-electron chi connectivity index (χ2n) is 23.6. The minimum Gasteiger partial charge on any atom is -0.462 e. The summed E-state index contributed by atoms with van der Waals surface area (Å²) >= 11 is 0. The molecule has 19 heteroatoms. The lowest BCUT2D eigenvalue weighted by Crippen LogP contribution is -2.30. The molecule has 0 spiro atoms. The van der Waals surface area contributed by atoms with Crippen LogP contribution in [-0.4, -0.2) is 96.7 Å². The maximum atomic E-state index is 13.0. The van der Waals surface area contributed by atoms with E-state index in [0.717, 1.165) is 114 Å². The highest BCUT2D eigenvalue weighted by Gasteiger charge is 2.30. The zero-order valence-electron chi connectivity index (χ0n) is 52.2. The lowest BCUT2D eigenvalue weighted by atomic mass is 10.00. The first-order valence-corrected chi connectivity index (χ1v) is 35.4. The van der Waals surface area contributed by atoms with Gasteiger partial charge in [0.1, 0.15) is 19.3 Å². The van der Waals surface area contributed by atoms with E-state index >= 15 is 0 Å². The van der Waals surface area contributed by atoms with Gasteiger partial charge in [0, 0.05) is 25.7 Å². The van der Waals surface area contributed by atoms with Gasteiger partial charge >= 0.3 is 39.5 Å². The van der Waals surface area contributed by atoms with Crippen molar-refractivity contribution in [3.8, 4) is 0 Å². The first-order chi connectivity index (χ1) is 38.8. The maximum absolute atomic E-state index is 13.0. The maximum Gasteiger partial charge on any atom is 0.472 e. The molecule has 0 aliphatic heterocycles. The number of ether oxygens (including phenoxy) is 4. The molecular formula is C62H120O17P2. The molecule has 0 rings (SSSR count). The number of unbranched alkanes of at least 4 members (excludes halogenated alkanes) is 27. The molecule has 3 unspecified atom stereocenters. The molecule has 0 aromatic carbocycles. The van der Waals surface area contributed by atoms with E-state index in [-0.39, 0.29) is 25.7 Å². The molecule has 3 N–H and O–H groups in total. The number of phosphoric ester groups is 2. The number of carbonyl (C=O) groups is 4. The molecule has 480 valence electrons. The Labute approximate surface area is 492 Å². The normalized spacial score (nSPS) is 14.8. The van der Waals surface area contributed by atoms with Crippen LogP contribution >= 0.6 is 15.6 Å². The Bertz CT molecular complexity index is 1620. The number of carbonyl (C=O) groups excluding carboxylic acids is 4. The SMILES string of the molecule is CCCCCCCC(=O)OC[C@H](COP(=O)(O)OC[C@H](O)COP(=O)(O)OC[C@@H](COC(=O)CCCCCCCCCCCCC(C)C)OC(=O)CCCCCCCCCCCCC(C)C)OC(=O)CCCCCCCCC(C)CC. The first-order valence-electron chi connectivity index (χ1n) is 32.4. The molecule has 0 saturated heterocycles. The third-order valence-electron chi connectivity index (χ3n) is 14.5. The lowest BCUT2D eigenvalue weighted by molar-refractivity contribution is -0.161. The fourth-order valence-electron chi connectivity index (χ4n) is 9.09. The van der Waals surface area contributed by atoms with Crippen LogP contribution in [0.1, 0.15) is 299 Å². The smallest absolute Gasteiger partial charge is 0.462 e. The van der Waals surface area contributed by atoms with Crippen molar-refractivity contribution >= 4 is 39.5 Å². The Morgan fingerprint density at radius 2 is 0.630 bits per heavy atom. The predicted molar refractivity (Wildman–Crippen MR) is 321 cm³/mol. The number of hydrogen-bond donors (Lipinski definition) is 3. The molecule has 6 atom stereocenters. The summed E-state index contributed by atoms with van der Waals surface area (Å²) < 4.78 is 67.7. The topological polar surface area (TPSA) is 237 Å². The van der Waals surface area contributed by atoms with Crippen LogP contribution in [0.2, 0.25) is 0 Å². The summed E-state index contributed by atoms with van der Waals surface area (Å²) in [6, 6.07) is 0. The lowest BCUT2D eigenvalue weighted by Gasteiger charge is -2.21. The highest BCUT2D eigenvalue weighted by molar-refractivity contribution is 7.47. The van der Waals surface area contributed by atoms with E-state index in [4.69, 9.17) is 37.0 Å². The van der Waals surface area contributed by atoms with Gasteiger partial charge in [0.15, 0.2) is 12.2 Å². The van der Waals surface area contributed by atoms with Gasteiger partial charge in [-0.15, -0.1) is 0 Å². The van der Waals surface area contributed by atoms with Gasteiger partial charge in [-0.05, 0) is 43.4 Å². The van der Waals surface area contributed by atoms with Crippen molar-refractivity contribution in [3.63, 3.8) is 0 Å². The van der Waals surface area contributed by atoms with Crippen molar-refractivity contribution in [1.82, 2.24) is 0 Å². The van der Waals surface area contributed by atoms with Gasteiger partial charge in [-0.1, -0.05) is 248 Å². The van der Waals surface area contributed by atoms with Crippen molar-refractivity contribution in [1.29, 1.82) is 0 Å². The molecule has 81 heavy (non-hydrogen) atoms. The van der Waals surface area contributed by atoms with E-state index in [1.165, 1.54) is 103 Å². The first kappa shape index (κ1) is 79.1. The highest BCUT2D eigenvalue weighted by Crippen LogP contribution is 2.45. The average Bonchev–Trinajstić information content (AvgIpc) is 3.42. The second kappa shape index (κ2) is 53.5. The zero-order chi connectivity index (χ0) is 60.3. The molecule has 0 aromatic heterocycles. The average molecular weight is 1200 g/mol. The van der Waals surface area contributed by atoms with Crippen molar-refractivity contribution in [3.05, 3.63) is 0 Å². The van der Waals surface area contributed by atoms with Crippen LogP contribution in [0.4, 0.5) is 0 Å². The standard InChI is InChI=1S/C62H120O17P2/c1-8-10-11-26-36-43-59(64)72-49-57(79-62(67)46-39-32-25-24-29-35-42-55(7)9-2)51-76-80(68,69)74-47-56(63)48-75-81(70,71)77-52-58(78-61(66)45-38-31-23-19-15-13-17-21-28-34-41-54(5)6)50-73-60(65)44-37-30-22-18-14-12-16-20-27-33-40-53(3)4/h53-58,63H,8-52H2,1-7H3,(H,68,69)(H,70,71)/t55?,56-,57+,58+/m0/s1. The summed E-state index contributed by atoms with van der Waals surface area (Å²) in [7, 11) is -9.88. The summed E-state index contributed by atoms with van der Waals surface area (Å²) in [6.07, 6.45) is 33.8. The van der Waals surface area contributed by atoms with Gasteiger partial charge in [-0.3, -0.25) is 37.3 Å². The van der Waals surface area contributed by atoms with Crippen LogP contribution in [0.5, 0.6) is 0 Å². The molecule has 0 aliphatic rings. The van der Waals surface area contributed by atoms with Crippen molar-refractivity contribution < 1.29 is 80.2 Å². The van der Waals surface area contributed by atoms with Gasteiger partial charge < -0.3 is 33.8 Å². The quantitative estimate of drug-likeness (QED) is 0.0222. The monoisotopic (exact) mass is 1200 g/mol. The van der Waals surface area contributed by atoms with Crippen molar-refractivity contribution in [2.24, 2.45) is 17.8 Å². The molecular weight excluding hydrogens is 1080 g/mol. The Hall–Kier alpha value is -1.94. The van der Waals surface area contributed by atoms with E-state index in [0.29, 0.717) is 25.7 Å². The summed E-state index contributed by atoms with van der Waals surface area (Å²) in [6.45, 7) is 11.6. The number of hydrogen-bond acceptors (Lipinski definition) is 15. The number of aliphatic hydroxyl groups excluding tert-OH is 1.